The Kier molecular flexibility index (Phi) is 1.63. The Balaban J connectivity index is 3.20. The number of hydrogen-bond donors (Lipinski definition) is 3. The Hall–Kier alpha value is -1.43. The first kappa shape index (κ1) is 6.69. The standard InChI is InChI=1S/C4H7N5O/c5-1-2-3(10)7-4(6)9-8-2/h1,5H2,(H3,6,7,9,10). The summed E-state index contributed by atoms with van der Waals surface area (Å²) >= 11 is 0. The van der Waals surface area contributed by atoms with Gasteiger partial charge in [0, 0.05) is 6.54 Å². The lowest BCUT2D eigenvalue weighted by Crippen LogP contribution is -2.20. The first-order valence-electron chi connectivity index (χ1n) is 2.65. The van der Waals surface area contributed by atoms with Gasteiger partial charge in [-0.15, -0.1) is 10.2 Å². The molecule has 10 heavy (non-hydrogen) atoms. The highest BCUT2D eigenvalue weighted by molar-refractivity contribution is 5.11. The lowest BCUT2D eigenvalue weighted by molar-refractivity contribution is 0.848. The molecule has 0 bridgehead atoms. The van der Waals surface area contributed by atoms with E-state index < -0.39 is 0 Å². The van der Waals surface area contributed by atoms with Crippen LogP contribution in [0, 0.1) is 0 Å². The minimum absolute atomic E-state index is 0.00204. The smallest absolute Gasteiger partial charge is 0.275 e. The van der Waals surface area contributed by atoms with Crippen LogP contribution >= 0.6 is 0 Å². The summed E-state index contributed by atoms with van der Waals surface area (Å²) in [6.07, 6.45) is 0. The first-order valence-corrected chi connectivity index (χ1v) is 2.65. The highest BCUT2D eigenvalue weighted by Gasteiger charge is 1.97. The van der Waals surface area contributed by atoms with E-state index in [1.165, 1.54) is 0 Å². The van der Waals surface area contributed by atoms with Crippen molar-refractivity contribution in [1.82, 2.24) is 15.2 Å². The normalized spacial score (nSPS) is 9.70. The highest BCUT2D eigenvalue weighted by atomic mass is 16.1. The fraction of sp³-hybridized carbons (Fsp3) is 0.250. The molecule has 0 saturated carbocycles. The maximum absolute atomic E-state index is 10.8. The molecule has 0 aliphatic heterocycles. The van der Waals surface area contributed by atoms with Gasteiger partial charge in [0.15, 0.2) is 0 Å². The fourth-order valence-electron chi connectivity index (χ4n) is 0.507. The van der Waals surface area contributed by atoms with E-state index >= 15 is 0 Å². The van der Waals surface area contributed by atoms with Crippen LogP contribution in [0.1, 0.15) is 5.69 Å². The van der Waals surface area contributed by atoms with E-state index in [9.17, 15) is 4.79 Å². The number of hydrogen-bond acceptors (Lipinski definition) is 5. The number of nitrogen functional groups attached to an aromatic ring is 1. The number of nitrogens with zero attached hydrogens (tertiary/aromatic N) is 2. The van der Waals surface area contributed by atoms with Gasteiger partial charge in [0.2, 0.25) is 5.95 Å². The third kappa shape index (κ3) is 1.11. The summed E-state index contributed by atoms with van der Waals surface area (Å²) in [6.45, 7) is 0.0720. The van der Waals surface area contributed by atoms with Crippen LogP contribution in [-0.4, -0.2) is 15.2 Å². The number of aromatic nitrogens is 3. The zero-order valence-corrected chi connectivity index (χ0v) is 5.16. The molecule has 1 aromatic heterocycles. The maximum atomic E-state index is 10.8. The molecule has 0 atom stereocenters. The van der Waals surface area contributed by atoms with Gasteiger partial charge in [-0.2, -0.15) is 0 Å². The number of nitrogens with one attached hydrogen (secondary N) is 1. The first-order chi connectivity index (χ1) is 4.74. The van der Waals surface area contributed by atoms with Crippen LogP contribution in [-0.2, 0) is 6.54 Å². The average Bonchev–Trinajstić information content (AvgIpc) is 1.88. The number of rotatable bonds is 1. The zero-order chi connectivity index (χ0) is 7.56. The Morgan fingerprint density at radius 1 is 1.50 bits per heavy atom. The molecule has 1 heterocycles. The molecular weight excluding hydrogens is 134 g/mol. The van der Waals surface area contributed by atoms with Gasteiger partial charge in [-0.05, 0) is 0 Å². The molecule has 54 valence electrons. The van der Waals surface area contributed by atoms with Crippen LogP contribution in [0.15, 0.2) is 4.79 Å². The Morgan fingerprint density at radius 3 is 2.70 bits per heavy atom. The van der Waals surface area contributed by atoms with E-state index in [0.717, 1.165) is 0 Å². The third-order valence-corrected chi connectivity index (χ3v) is 0.975. The van der Waals surface area contributed by atoms with Gasteiger partial charge >= 0.3 is 0 Å². The molecule has 0 aliphatic rings. The van der Waals surface area contributed by atoms with Crippen LogP contribution < -0.4 is 17.0 Å². The van der Waals surface area contributed by atoms with Gasteiger partial charge in [-0.1, -0.05) is 0 Å². The summed E-state index contributed by atoms with van der Waals surface area (Å²) in [7, 11) is 0. The zero-order valence-electron chi connectivity index (χ0n) is 5.16. The number of H-pyrrole nitrogens is 1. The molecule has 0 aliphatic carbocycles. The molecular formula is C4H7N5O. The molecule has 6 heteroatoms. The van der Waals surface area contributed by atoms with Crippen molar-refractivity contribution in [1.29, 1.82) is 0 Å². The molecule has 1 rings (SSSR count). The van der Waals surface area contributed by atoms with Crippen molar-refractivity contribution in [2.45, 2.75) is 6.54 Å². The summed E-state index contributed by atoms with van der Waals surface area (Å²) in [5, 5.41) is 6.86. The topological polar surface area (TPSA) is 111 Å². The SMILES string of the molecule is NCc1nnc(N)[nH]c1=O. The Bertz CT molecular complexity index is 279. The molecule has 0 radical (unpaired) electrons. The fourth-order valence-corrected chi connectivity index (χ4v) is 0.507. The van der Waals surface area contributed by atoms with E-state index in [1.54, 1.807) is 0 Å². The van der Waals surface area contributed by atoms with E-state index in [0.29, 0.717) is 0 Å². The summed E-state index contributed by atoms with van der Waals surface area (Å²) < 4.78 is 0. The summed E-state index contributed by atoms with van der Waals surface area (Å²) in [5.41, 5.74) is 10.1. The highest BCUT2D eigenvalue weighted by Crippen LogP contribution is 1.80. The quantitative estimate of drug-likeness (QED) is 0.427. The van der Waals surface area contributed by atoms with Crippen molar-refractivity contribution >= 4 is 5.95 Å². The average molecular weight is 141 g/mol. The number of aromatic amines is 1. The van der Waals surface area contributed by atoms with E-state index in [-0.39, 0.29) is 23.7 Å². The van der Waals surface area contributed by atoms with Gasteiger partial charge in [0.25, 0.3) is 5.56 Å². The minimum Gasteiger partial charge on any atom is -0.368 e. The second kappa shape index (κ2) is 2.44. The van der Waals surface area contributed by atoms with Crippen molar-refractivity contribution < 1.29 is 0 Å². The van der Waals surface area contributed by atoms with Crippen molar-refractivity contribution in [3.8, 4) is 0 Å². The number of nitrogens with two attached hydrogens (primary N) is 2. The molecule has 0 aromatic carbocycles. The molecule has 1 aromatic rings. The second-order valence-electron chi connectivity index (χ2n) is 1.69. The van der Waals surface area contributed by atoms with Crippen LogP contribution in [0.25, 0.3) is 0 Å². The molecule has 0 saturated heterocycles. The summed E-state index contributed by atoms with van der Waals surface area (Å²) in [6, 6.07) is 0. The van der Waals surface area contributed by atoms with Crippen LogP contribution in [0.4, 0.5) is 5.95 Å². The van der Waals surface area contributed by atoms with Crippen LogP contribution in [0.3, 0.4) is 0 Å². The van der Waals surface area contributed by atoms with Gasteiger partial charge in [-0.3, -0.25) is 9.78 Å². The van der Waals surface area contributed by atoms with Crippen LogP contribution in [0.5, 0.6) is 0 Å². The van der Waals surface area contributed by atoms with Crippen molar-refractivity contribution in [3.05, 3.63) is 16.0 Å². The monoisotopic (exact) mass is 141 g/mol. The second-order valence-corrected chi connectivity index (χ2v) is 1.69. The van der Waals surface area contributed by atoms with Gasteiger partial charge in [-0.25, -0.2) is 0 Å². The number of anilines is 1. The summed E-state index contributed by atoms with van der Waals surface area (Å²) in [5.74, 6) is 0.00204. The predicted molar refractivity (Wildman–Crippen MR) is 35.0 cm³/mol. The maximum Gasteiger partial charge on any atom is 0.275 e. The lowest BCUT2D eigenvalue weighted by atomic mass is 10.5. The van der Waals surface area contributed by atoms with E-state index in [1.807, 2.05) is 0 Å². The predicted octanol–water partition coefficient (Wildman–Crippen LogP) is -1.79. The Labute approximate surface area is 56.3 Å². The van der Waals surface area contributed by atoms with Gasteiger partial charge < -0.3 is 11.5 Å². The van der Waals surface area contributed by atoms with Gasteiger partial charge in [0.05, 0.1) is 0 Å². The molecule has 6 nitrogen and oxygen atoms in total. The molecule has 0 spiro atoms. The molecule has 0 unspecified atom stereocenters. The minimum atomic E-state index is -0.380. The van der Waals surface area contributed by atoms with Crippen molar-refractivity contribution in [2.75, 3.05) is 5.73 Å². The van der Waals surface area contributed by atoms with Crippen molar-refractivity contribution in [2.24, 2.45) is 5.73 Å². The van der Waals surface area contributed by atoms with Gasteiger partial charge in [0.1, 0.15) is 5.69 Å². The van der Waals surface area contributed by atoms with Crippen LogP contribution in [0.2, 0.25) is 0 Å². The summed E-state index contributed by atoms with van der Waals surface area (Å²) in [4.78, 5) is 13.0. The van der Waals surface area contributed by atoms with E-state index in [4.69, 9.17) is 11.5 Å². The van der Waals surface area contributed by atoms with Crippen molar-refractivity contribution in [3.63, 3.8) is 0 Å². The Morgan fingerprint density at radius 2 is 2.20 bits per heavy atom. The third-order valence-electron chi connectivity index (χ3n) is 0.975. The molecule has 0 fully saturated rings. The molecule has 0 amide bonds. The largest absolute Gasteiger partial charge is 0.368 e. The van der Waals surface area contributed by atoms with E-state index in [2.05, 4.69) is 15.2 Å². The lowest BCUT2D eigenvalue weighted by Gasteiger charge is -1.92. The molecule has 5 N–H and O–H groups in total.